The summed E-state index contributed by atoms with van der Waals surface area (Å²) in [5.74, 6) is -0.0875. The van der Waals surface area contributed by atoms with Crippen LogP contribution in [-0.4, -0.2) is 57.4 Å². The van der Waals surface area contributed by atoms with Crippen LogP contribution in [0.15, 0.2) is 12.4 Å². The van der Waals surface area contributed by atoms with E-state index in [9.17, 15) is 13.6 Å². The van der Waals surface area contributed by atoms with Crippen molar-refractivity contribution in [2.24, 2.45) is 5.92 Å². The molecule has 0 amide bonds. The number of rotatable bonds is 10. The van der Waals surface area contributed by atoms with Gasteiger partial charge >= 0.3 is 5.97 Å². The minimum atomic E-state index is -2.40. The highest BCUT2D eigenvalue weighted by Gasteiger charge is 2.36. The number of carboxylic acids is 1. The molecular formula is C16H24F2N4O2. The molecule has 2 aliphatic carbocycles. The van der Waals surface area contributed by atoms with Gasteiger partial charge in [-0.15, -0.1) is 0 Å². The number of hydrogen-bond donors (Lipinski definition) is 2. The van der Waals surface area contributed by atoms with Gasteiger partial charge in [0, 0.05) is 36.9 Å². The molecule has 8 heteroatoms. The molecule has 2 fully saturated rings. The summed E-state index contributed by atoms with van der Waals surface area (Å²) in [4.78, 5) is 13.1. The zero-order valence-corrected chi connectivity index (χ0v) is 13.6. The Balaban J connectivity index is 1.39. The molecule has 0 saturated heterocycles. The third-order valence-electron chi connectivity index (χ3n) is 4.76. The molecule has 2 N–H and O–H groups in total. The normalized spacial score (nSPS) is 23.7. The van der Waals surface area contributed by atoms with Crippen LogP contribution in [-0.2, 0) is 17.9 Å². The fraction of sp³-hybridized carbons (Fsp3) is 0.750. The lowest BCUT2D eigenvalue weighted by atomic mass is 9.85. The van der Waals surface area contributed by atoms with Crippen LogP contribution in [0, 0.1) is 5.92 Å². The van der Waals surface area contributed by atoms with Gasteiger partial charge in [0.2, 0.25) is 0 Å². The third kappa shape index (κ3) is 4.98. The number of aromatic nitrogens is 2. The number of carboxylic acid groups (broad SMARTS) is 1. The second-order valence-corrected chi connectivity index (χ2v) is 6.93. The number of nitrogens with zero attached hydrogens (tertiary/aromatic N) is 3. The third-order valence-corrected chi connectivity index (χ3v) is 4.76. The lowest BCUT2D eigenvalue weighted by Gasteiger charge is -2.43. The van der Waals surface area contributed by atoms with E-state index in [-0.39, 0.29) is 13.1 Å². The van der Waals surface area contributed by atoms with Crippen molar-refractivity contribution in [1.82, 2.24) is 20.0 Å². The van der Waals surface area contributed by atoms with Crippen LogP contribution in [0.2, 0.25) is 0 Å². The Morgan fingerprint density at radius 3 is 2.83 bits per heavy atom. The smallest absolute Gasteiger partial charge is 0.317 e. The van der Waals surface area contributed by atoms with Gasteiger partial charge in [-0.2, -0.15) is 5.10 Å². The molecule has 1 aromatic rings. The molecule has 1 heterocycles. The van der Waals surface area contributed by atoms with Crippen molar-refractivity contribution in [2.45, 2.75) is 57.3 Å². The van der Waals surface area contributed by atoms with Crippen LogP contribution in [0.1, 0.15) is 31.2 Å². The molecule has 3 rings (SSSR count). The van der Waals surface area contributed by atoms with Gasteiger partial charge in [-0.25, -0.2) is 8.78 Å². The Bertz CT molecular complexity index is 556. The highest BCUT2D eigenvalue weighted by Crippen LogP contribution is 2.33. The van der Waals surface area contributed by atoms with Crippen LogP contribution >= 0.6 is 0 Å². The summed E-state index contributed by atoms with van der Waals surface area (Å²) in [6.07, 6.45) is 5.15. The van der Waals surface area contributed by atoms with Gasteiger partial charge in [0.1, 0.15) is 6.54 Å². The Kier molecular flexibility index (Phi) is 5.45. The van der Waals surface area contributed by atoms with Gasteiger partial charge in [-0.3, -0.25) is 14.4 Å². The van der Waals surface area contributed by atoms with Crippen molar-refractivity contribution in [3.8, 4) is 0 Å². The fourth-order valence-corrected chi connectivity index (χ4v) is 3.20. The van der Waals surface area contributed by atoms with E-state index in [0.717, 1.165) is 24.9 Å². The Hall–Kier alpha value is -1.54. The predicted molar refractivity (Wildman–Crippen MR) is 83.8 cm³/mol. The molecule has 0 atom stereocenters. The van der Waals surface area contributed by atoms with Crippen LogP contribution in [0.5, 0.6) is 0 Å². The number of carbonyl (C=O) groups is 1. The minimum absolute atomic E-state index is 0.119. The predicted octanol–water partition coefficient (Wildman–Crippen LogP) is 1.57. The summed E-state index contributed by atoms with van der Waals surface area (Å²) >= 11 is 0. The van der Waals surface area contributed by atoms with Crippen molar-refractivity contribution >= 4 is 5.97 Å². The van der Waals surface area contributed by atoms with E-state index >= 15 is 0 Å². The average molecular weight is 342 g/mol. The van der Waals surface area contributed by atoms with Gasteiger partial charge in [0.25, 0.3) is 6.43 Å². The summed E-state index contributed by atoms with van der Waals surface area (Å²) in [6.45, 7) is 1.23. The largest absolute Gasteiger partial charge is 0.480 e. The molecule has 0 aromatic carbocycles. The topological polar surface area (TPSA) is 70.4 Å². The first-order valence-corrected chi connectivity index (χ1v) is 8.48. The summed E-state index contributed by atoms with van der Waals surface area (Å²) in [7, 11) is 0. The Morgan fingerprint density at radius 1 is 1.46 bits per heavy atom. The van der Waals surface area contributed by atoms with Gasteiger partial charge in [0.05, 0.1) is 12.7 Å². The Labute approximate surface area is 139 Å². The van der Waals surface area contributed by atoms with E-state index in [1.807, 2.05) is 0 Å². The minimum Gasteiger partial charge on any atom is -0.480 e. The Morgan fingerprint density at radius 2 is 2.21 bits per heavy atom. The van der Waals surface area contributed by atoms with Crippen molar-refractivity contribution in [3.05, 3.63) is 18.0 Å². The molecule has 0 spiro atoms. The van der Waals surface area contributed by atoms with Crippen LogP contribution < -0.4 is 5.32 Å². The van der Waals surface area contributed by atoms with E-state index in [1.165, 1.54) is 17.5 Å². The van der Waals surface area contributed by atoms with Crippen molar-refractivity contribution in [2.75, 3.05) is 13.1 Å². The van der Waals surface area contributed by atoms with Crippen LogP contribution in [0.25, 0.3) is 0 Å². The number of alkyl halides is 2. The highest BCUT2D eigenvalue weighted by atomic mass is 19.3. The van der Waals surface area contributed by atoms with Crippen molar-refractivity contribution in [3.63, 3.8) is 0 Å². The highest BCUT2D eigenvalue weighted by molar-refractivity contribution is 5.69. The first-order valence-electron chi connectivity index (χ1n) is 8.48. The lowest BCUT2D eigenvalue weighted by Crippen LogP contribution is -2.54. The lowest BCUT2D eigenvalue weighted by molar-refractivity contribution is -0.139. The molecule has 0 bridgehead atoms. The van der Waals surface area contributed by atoms with E-state index in [0.29, 0.717) is 24.5 Å². The summed E-state index contributed by atoms with van der Waals surface area (Å²) < 4.78 is 25.8. The van der Waals surface area contributed by atoms with Crippen LogP contribution in [0.4, 0.5) is 8.78 Å². The van der Waals surface area contributed by atoms with Crippen molar-refractivity contribution in [1.29, 1.82) is 0 Å². The summed E-state index contributed by atoms with van der Waals surface area (Å²) in [6, 6.07) is 0.685. The molecule has 134 valence electrons. The standard InChI is InChI=1S/C16H24F2N4O2/c17-15(18)9-22-8-12(6-20-22)5-19-13-3-14(4-13)21(10-16(23)24)7-11-1-2-11/h6,8,11,13-15,19H,1-5,7,9-10H2,(H,23,24). The van der Waals surface area contributed by atoms with E-state index in [2.05, 4.69) is 15.3 Å². The summed E-state index contributed by atoms with van der Waals surface area (Å²) in [5, 5.41) is 16.4. The zero-order valence-electron chi connectivity index (χ0n) is 13.6. The van der Waals surface area contributed by atoms with Gasteiger partial charge in [-0.05, 0) is 31.6 Å². The summed E-state index contributed by atoms with van der Waals surface area (Å²) in [5.41, 5.74) is 0.888. The molecule has 2 aliphatic rings. The zero-order chi connectivity index (χ0) is 17.1. The number of aliphatic carboxylic acids is 1. The molecule has 24 heavy (non-hydrogen) atoms. The van der Waals surface area contributed by atoms with Gasteiger partial charge < -0.3 is 10.4 Å². The first kappa shape index (κ1) is 17.3. The molecule has 6 nitrogen and oxygen atoms in total. The average Bonchev–Trinajstić information content (AvgIpc) is 3.14. The SMILES string of the molecule is O=C(O)CN(CC1CC1)C1CC(NCc2cnn(CC(F)F)c2)C1. The van der Waals surface area contributed by atoms with Gasteiger partial charge in [0.15, 0.2) is 0 Å². The number of nitrogens with one attached hydrogen (secondary N) is 1. The maximum Gasteiger partial charge on any atom is 0.317 e. The second kappa shape index (κ2) is 7.57. The molecule has 1 aromatic heterocycles. The maximum absolute atomic E-state index is 12.3. The number of halogens is 2. The molecule has 0 aliphatic heterocycles. The quantitative estimate of drug-likeness (QED) is 0.675. The molecule has 0 radical (unpaired) electrons. The first-order chi connectivity index (χ1) is 11.5. The maximum atomic E-state index is 12.3. The van der Waals surface area contributed by atoms with Crippen LogP contribution in [0.3, 0.4) is 0 Å². The number of hydrogen-bond acceptors (Lipinski definition) is 4. The molecule has 2 saturated carbocycles. The fourth-order valence-electron chi connectivity index (χ4n) is 3.20. The molecule has 0 unspecified atom stereocenters. The monoisotopic (exact) mass is 342 g/mol. The van der Waals surface area contributed by atoms with Gasteiger partial charge in [-0.1, -0.05) is 0 Å². The molecular weight excluding hydrogens is 318 g/mol. The van der Waals surface area contributed by atoms with E-state index < -0.39 is 12.4 Å². The van der Waals surface area contributed by atoms with E-state index in [4.69, 9.17) is 5.11 Å². The second-order valence-electron chi connectivity index (χ2n) is 6.93. The van der Waals surface area contributed by atoms with E-state index in [1.54, 1.807) is 12.4 Å². The van der Waals surface area contributed by atoms with Crippen molar-refractivity contribution < 1.29 is 18.7 Å².